The molecule has 7 heteroatoms. The largest absolute Gasteiger partial charge is 0.455 e. The van der Waals surface area contributed by atoms with Gasteiger partial charge in [-0.15, -0.1) is 0 Å². The van der Waals surface area contributed by atoms with E-state index in [2.05, 4.69) is 10.6 Å². The van der Waals surface area contributed by atoms with Crippen LogP contribution in [0.1, 0.15) is 6.42 Å². The Balaban J connectivity index is 1.58. The standard InChI is InChI=1S/C18H20N2O4S/c21-18(12-19-14-10-11-25(22,23)13-14)20-16-8-4-5-9-17(16)24-15-6-2-1-3-7-15/h1-9,14,19H,10-13H2,(H,20,21). The van der Waals surface area contributed by atoms with Crippen LogP contribution in [-0.2, 0) is 14.6 Å². The third kappa shape index (κ3) is 5.04. The van der Waals surface area contributed by atoms with E-state index in [0.717, 1.165) is 0 Å². The molecule has 0 spiro atoms. The molecule has 1 aliphatic heterocycles. The van der Waals surface area contributed by atoms with Crippen LogP contribution in [0, 0.1) is 0 Å². The molecule has 2 aromatic rings. The molecule has 1 atom stereocenters. The fourth-order valence-corrected chi connectivity index (χ4v) is 4.37. The average molecular weight is 360 g/mol. The molecule has 132 valence electrons. The highest BCUT2D eigenvalue weighted by Gasteiger charge is 2.27. The lowest BCUT2D eigenvalue weighted by Gasteiger charge is -2.14. The van der Waals surface area contributed by atoms with Crippen molar-refractivity contribution in [3.05, 3.63) is 54.6 Å². The number of nitrogens with one attached hydrogen (secondary N) is 2. The molecule has 1 unspecified atom stereocenters. The molecule has 6 nitrogen and oxygen atoms in total. The van der Waals surface area contributed by atoms with Crippen molar-refractivity contribution in [1.82, 2.24) is 5.32 Å². The lowest BCUT2D eigenvalue weighted by Crippen LogP contribution is -2.36. The number of hydrogen-bond donors (Lipinski definition) is 2. The van der Waals surface area contributed by atoms with E-state index in [1.165, 1.54) is 0 Å². The second kappa shape index (κ2) is 7.67. The van der Waals surface area contributed by atoms with E-state index >= 15 is 0 Å². The maximum Gasteiger partial charge on any atom is 0.238 e. The van der Waals surface area contributed by atoms with Gasteiger partial charge in [0.15, 0.2) is 15.6 Å². The van der Waals surface area contributed by atoms with Gasteiger partial charge in [0.05, 0.1) is 23.7 Å². The van der Waals surface area contributed by atoms with E-state index in [-0.39, 0.29) is 30.0 Å². The Bertz CT molecular complexity index is 837. The summed E-state index contributed by atoms with van der Waals surface area (Å²) in [4.78, 5) is 12.2. The molecule has 1 heterocycles. The van der Waals surface area contributed by atoms with Gasteiger partial charge in [-0.25, -0.2) is 8.42 Å². The van der Waals surface area contributed by atoms with E-state index in [1.807, 2.05) is 42.5 Å². The Kier molecular flexibility index (Phi) is 5.35. The summed E-state index contributed by atoms with van der Waals surface area (Å²) >= 11 is 0. The van der Waals surface area contributed by atoms with Gasteiger partial charge in [0.25, 0.3) is 0 Å². The summed E-state index contributed by atoms with van der Waals surface area (Å²) in [5.41, 5.74) is 0.567. The maximum absolute atomic E-state index is 12.2. The van der Waals surface area contributed by atoms with Crippen LogP contribution in [0.15, 0.2) is 54.6 Å². The van der Waals surface area contributed by atoms with Crippen molar-refractivity contribution in [3.8, 4) is 11.5 Å². The zero-order chi connectivity index (χ0) is 17.7. The lowest BCUT2D eigenvalue weighted by atomic mass is 10.2. The van der Waals surface area contributed by atoms with Crippen LogP contribution in [0.2, 0.25) is 0 Å². The van der Waals surface area contributed by atoms with E-state index in [1.54, 1.807) is 12.1 Å². The number of rotatable bonds is 6. The second-order valence-electron chi connectivity index (χ2n) is 5.94. The minimum Gasteiger partial charge on any atom is -0.455 e. The molecule has 2 N–H and O–H groups in total. The predicted molar refractivity (Wildman–Crippen MR) is 96.6 cm³/mol. The number of para-hydroxylation sites is 3. The van der Waals surface area contributed by atoms with Gasteiger partial charge in [-0.05, 0) is 30.7 Å². The number of sulfone groups is 1. The maximum atomic E-state index is 12.2. The molecule has 0 radical (unpaired) electrons. The first kappa shape index (κ1) is 17.4. The molecule has 1 fully saturated rings. The summed E-state index contributed by atoms with van der Waals surface area (Å²) in [6.45, 7) is 0.0554. The van der Waals surface area contributed by atoms with Crippen molar-refractivity contribution < 1.29 is 17.9 Å². The minimum absolute atomic E-state index is 0.0554. The number of anilines is 1. The first-order valence-electron chi connectivity index (χ1n) is 8.07. The van der Waals surface area contributed by atoms with Crippen LogP contribution in [0.25, 0.3) is 0 Å². The third-order valence-electron chi connectivity index (χ3n) is 3.92. The van der Waals surface area contributed by atoms with Gasteiger partial charge in [0.2, 0.25) is 5.91 Å². The third-order valence-corrected chi connectivity index (χ3v) is 5.68. The Labute approximate surface area is 147 Å². The number of ether oxygens (including phenoxy) is 1. The van der Waals surface area contributed by atoms with Gasteiger partial charge in [0, 0.05) is 6.04 Å². The number of amides is 1. The molecule has 0 aliphatic carbocycles. The summed E-state index contributed by atoms with van der Waals surface area (Å²) in [6.07, 6.45) is 0.545. The molecule has 0 saturated carbocycles. The van der Waals surface area contributed by atoms with Crippen LogP contribution in [0.5, 0.6) is 11.5 Å². The number of benzene rings is 2. The zero-order valence-electron chi connectivity index (χ0n) is 13.6. The van der Waals surface area contributed by atoms with Gasteiger partial charge in [0.1, 0.15) is 5.75 Å². The number of hydrogen-bond acceptors (Lipinski definition) is 5. The topological polar surface area (TPSA) is 84.5 Å². The first-order valence-corrected chi connectivity index (χ1v) is 9.89. The highest BCUT2D eigenvalue weighted by atomic mass is 32.2. The number of carbonyl (C=O) groups excluding carboxylic acids is 1. The van der Waals surface area contributed by atoms with Crippen molar-refractivity contribution in [3.63, 3.8) is 0 Å². The van der Waals surface area contributed by atoms with Crippen molar-refractivity contribution in [2.45, 2.75) is 12.5 Å². The van der Waals surface area contributed by atoms with E-state index in [0.29, 0.717) is 23.6 Å². The van der Waals surface area contributed by atoms with Crippen molar-refractivity contribution >= 4 is 21.4 Å². The Morgan fingerprint density at radius 2 is 1.80 bits per heavy atom. The Hall–Kier alpha value is -2.38. The number of carbonyl (C=O) groups is 1. The summed E-state index contributed by atoms with van der Waals surface area (Å²) in [6, 6.07) is 16.3. The summed E-state index contributed by atoms with van der Waals surface area (Å²) in [7, 11) is -2.96. The zero-order valence-corrected chi connectivity index (χ0v) is 14.5. The normalized spacial score (nSPS) is 18.6. The van der Waals surface area contributed by atoms with Gasteiger partial charge in [-0.3, -0.25) is 4.79 Å². The molecule has 0 aromatic heterocycles. The summed E-state index contributed by atoms with van der Waals surface area (Å²) in [5, 5.41) is 5.79. The van der Waals surface area contributed by atoms with E-state index in [9.17, 15) is 13.2 Å². The minimum atomic E-state index is -2.96. The predicted octanol–water partition coefficient (Wildman–Crippen LogP) is 2.19. The van der Waals surface area contributed by atoms with Crippen LogP contribution in [0.4, 0.5) is 5.69 Å². The van der Waals surface area contributed by atoms with Crippen molar-refractivity contribution in [1.29, 1.82) is 0 Å². The molecule has 25 heavy (non-hydrogen) atoms. The monoisotopic (exact) mass is 360 g/mol. The molecular weight excluding hydrogens is 340 g/mol. The molecule has 2 aromatic carbocycles. The smallest absolute Gasteiger partial charge is 0.238 e. The highest BCUT2D eigenvalue weighted by Crippen LogP contribution is 2.28. The SMILES string of the molecule is O=C(CNC1CCS(=O)(=O)C1)Nc1ccccc1Oc1ccccc1. The molecule has 1 amide bonds. The average Bonchev–Trinajstić information content (AvgIpc) is 2.95. The summed E-state index contributed by atoms with van der Waals surface area (Å²) in [5.74, 6) is 1.26. The van der Waals surface area contributed by atoms with Crippen LogP contribution >= 0.6 is 0 Å². The quantitative estimate of drug-likeness (QED) is 0.825. The molecular formula is C18H20N2O4S. The van der Waals surface area contributed by atoms with Crippen molar-refractivity contribution in [2.75, 3.05) is 23.4 Å². The van der Waals surface area contributed by atoms with Crippen LogP contribution in [0.3, 0.4) is 0 Å². The fraction of sp³-hybridized carbons (Fsp3) is 0.278. The first-order chi connectivity index (χ1) is 12.0. The highest BCUT2D eigenvalue weighted by molar-refractivity contribution is 7.91. The fourth-order valence-electron chi connectivity index (χ4n) is 2.66. The van der Waals surface area contributed by atoms with Gasteiger partial charge in [-0.1, -0.05) is 30.3 Å². The van der Waals surface area contributed by atoms with E-state index in [4.69, 9.17) is 4.74 Å². The van der Waals surface area contributed by atoms with Crippen LogP contribution in [-0.4, -0.2) is 38.4 Å². The molecule has 1 saturated heterocycles. The Morgan fingerprint density at radius 3 is 2.52 bits per heavy atom. The van der Waals surface area contributed by atoms with Gasteiger partial charge < -0.3 is 15.4 Å². The lowest BCUT2D eigenvalue weighted by molar-refractivity contribution is -0.115. The molecule has 3 rings (SSSR count). The van der Waals surface area contributed by atoms with Gasteiger partial charge in [-0.2, -0.15) is 0 Å². The molecule has 0 bridgehead atoms. The van der Waals surface area contributed by atoms with Crippen molar-refractivity contribution in [2.24, 2.45) is 0 Å². The van der Waals surface area contributed by atoms with Gasteiger partial charge >= 0.3 is 0 Å². The summed E-state index contributed by atoms with van der Waals surface area (Å²) < 4.78 is 28.7. The molecule has 1 aliphatic rings. The second-order valence-corrected chi connectivity index (χ2v) is 8.17. The van der Waals surface area contributed by atoms with Crippen LogP contribution < -0.4 is 15.4 Å². The van der Waals surface area contributed by atoms with E-state index < -0.39 is 9.84 Å². The Morgan fingerprint density at radius 1 is 1.08 bits per heavy atom.